The van der Waals surface area contributed by atoms with Gasteiger partial charge in [-0.1, -0.05) is 0 Å². The third-order valence-corrected chi connectivity index (χ3v) is 4.26. The summed E-state index contributed by atoms with van der Waals surface area (Å²) in [5.41, 5.74) is 1.76. The summed E-state index contributed by atoms with van der Waals surface area (Å²) in [7, 11) is 5.17. The molecule has 0 saturated heterocycles. The lowest BCUT2D eigenvalue weighted by molar-refractivity contribution is 0.0726. The maximum absolute atomic E-state index is 13.0. The number of ether oxygens (including phenoxy) is 2. The molecule has 5 nitrogen and oxygen atoms in total. The SMILES string of the molecule is COc1ccc(C(=O)N(Cc2cccn2C)C2CC2)cc1OC. The fourth-order valence-corrected chi connectivity index (χ4v) is 2.72. The number of aryl methyl sites for hydroxylation is 1. The third-order valence-electron chi connectivity index (χ3n) is 4.26. The highest BCUT2D eigenvalue weighted by Gasteiger charge is 2.33. The van der Waals surface area contributed by atoms with Crippen LogP contribution in [0.25, 0.3) is 0 Å². The van der Waals surface area contributed by atoms with Crippen LogP contribution < -0.4 is 9.47 Å². The number of carbonyl (C=O) groups excluding carboxylic acids is 1. The number of benzene rings is 1. The second-order valence-corrected chi connectivity index (χ2v) is 5.84. The highest BCUT2D eigenvalue weighted by atomic mass is 16.5. The van der Waals surface area contributed by atoms with Gasteiger partial charge in [0.15, 0.2) is 11.5 Å². The molecule has 3 rings (SSSR count). The second-order valence-electron chi connectivity index (χ2n) is 5.84. The lowest BCUT2D eigenvalue weighted by Gasteiger charge is -2.23. The first-order valence-corrected chi connectivity index (χ1v) is 7.77. The van der Waals surface area contributed by atoms with Gasteiger partial charge >= 0.3 is 0 Å². The Kier molecular flexibility index (Phi) is 4.28. The Hall–Kier alpha value is -2.43. The van der Waals surface area contributed by atoms with Crippen LogP contribution in [0.5, 0.6) is 11.5 Å². The number of amides is 1. The van der Waals surface area contributed by atoms with Crippen LogP contribution >= 0.6 is 0 Å². The number of nitrogens with zero attached hydrogens (tertiary/aromatic N) is 2. The van der Waals surface area contributed by atoms with Gasteiger partial charge in [0.2, 0.25) is 0 Å². The predicted molar refractivity (Wildman–Crippen MR) is 87.9 cm³/mol. The number of aromatic nitrogens is 1. The zero-order valence-corrected chi connectivity index (χ0v) is 13.8. The molecule has 1 aromatic heterocycles. The van der Waals surface area contributed by atoms with Crippen molar-refractivity contribution >= 4 is 5.91 Å². The van der Waals surface area contributed by atoms with Gasteiger partial charge in [-0.05, 0) is 43.2 Å². The van der Waals surface area contributed by atoms with Crippen molar-refractivity contribution in [2.75, 3.05) is 14.2 Å². The largest absolute Gasteiger partial charge is 0.493 e. The summed E-state index contributed by atoms with van der Waals surface area (Å²) in [5, 5.41) is 0. The van der Waals surface area contributed by atoms with Crippen LogP contribution in [0.3, 0.4) is 0 Å². The molecule has 1 heterocycles. The zero-order valence-electron chi connectivity index (χ0n) is 13.8. The minimum Gasteiger partial charge on any atom is -0.493 e. The van der Waals surface area contributed by atoms with Gasteiger partial charge in [-0.3, -0.25) is 4.79 Å². The Labute approximate surface area is 136 Å². The highest BCUT2D eigenvalue weighted by molar-refractivity contribution is 5.95. The molecule has 1 aliphatic carbocycles. The van der Waals surface area contributed by atoms with E-state index in [0.29, 0.717) is 29.6 Å². The molecular formula is C18H22N2O3. The Morgan fingerprint density at radius 3 is 2.52 bits per heavy atom. The number of hydrogen-bond acceptors (Lipinski definition) is 3. The molecule has 1 aliphatic rings. The van der Waals surface area contributed by atoms with Crippen molar-refractivity contribution in [1.29, 1.82) is 0 Å². The Morgan fingerprint density at radius 1 is 1.22 bits per heavy atom. The van der Waals surface area contributed by atoms with Gasteiger partial charge in [0, 0.05) is 30.5 Å². The first kappa shape index (κ1) is 15.5. The molecular weight excluding hydrogens is 292 g/mol. The Morgan fingerprint density at radius 2 is 1.96 bits per heavy atom. The standard InChI is InChI=1S/C18H22N2O3/c1-19-10-4-5-15(19)12-20(14-7-8-14)18(21)13-6-9-16(22-2)17(11-13)23-3/h4-6,9-11,14H,7-8,12H2,1-3H3. The molecule has 1 fully saturated rings. The number of hydrogen-bond donors (Lipinski definition) is 0. The minimum absolute atomic E-state index is 0.0367. The summed E-state index contributed by atoms with van der Waals surface area (Å²) in [4.78, 5) is 14.9. The van der Waals surface area contributed by atoms with Crippen molar-refractivity contribution < 1.29 is 14.3 Å². The summed E-state index contributed by atoms with van der Waals surface area (Å²) in [6.45, 7) is 0.626. The van der Waals surface area contributed by atoms with E-state index in [1.807, 2.05) is 24.2 Å². The van der Waals surface area contributed by atoms with Gasteiger partial charge in [-0.15, -0.1) is 0 Å². The van der Waals surface area contributed by atoms with E-state index < -0.39 is 0 Å². The van der Waals surface area contributed by atoms with Crippen LogP contribution in [0.15, 0.2) is 36.5 Å². The Balaban J connectivity index is 1.85. The molecule has 5 heteroatoms. The topological polar surface area (TPSA) is 43.7 Å². The summed E-state index contributed by atoms with van der Waals surface area (Å²) >= 11 is 0. The normalized spacial score (nSPS) is 13.7. The van der Waals surface area contributed by atoms with Gasteiger partial charge in [0.1, 0.15) is 0 Å². The van der Waals surface area contributed by atoms with Crippen molar-refractivity contribution in [3.8, 4) is 11.5 Å². The predicted octanol–water partition coefficient (Wildman–Crippen LogP) is 2.85. The molecule has 2 aromatic rings. The van der Waals surface area contributed by atoms with E-state index in [1.54, 1.807) is 32.4 Å². The number of methoxy groups -OCH3 is 2. The van der Waals surface area contributed by atoms with Crippen molar-refractivity contribution in [3.63, 3.8) is 0 Å². The molecule has 23 heavy (non-hydrogen) atoms. The van der Waals surface area contributed by atoms with Gasteiger partial charge in [0.25, 0.3) is 5.91 Å². The third kappa shape index (κ3) is 3.18. The molecule has 0 radical (unpaired) electrons. The van der Waals surface area contributed by atoms with Gasteiger partial charge in [-0.2, -0.15) is 0 Å². The van der Waals surface area contributed by atoms with Crippen LogP contribution in [-0.2, 0) is 13.6 Å². The first-order valence-electron chi connectivity index (χ1n) is 7.77. The minimum atomic E-state index is 0.0367. The van der Waals surface area contributed by atoms with E-state index in [-0.39, 0.29) is 5.91 Å². The molecule has 0 N–H and O–H groups in total. The molecule has 1 amide bonds. The van der Waals surface area contributed by atoms with Crippen molar-refractivity contribution in [2.24, 2.45) is 7.05 Å². The fraction of sp³-hybridized carbons (Fsp3) is 0.389. The highest BCUT2D eigenvalue weighted by Crippen LogP contribution is 2.32. The van der Waals surface area contributed by atoms with Gasteiger partial charge in [0.05, 0.1) is 20.8 Å². The summed E-state index contributed by atoms with van der Waals surface area (Å²) < 4.78 is 12.6. The van der Waals surface area contributed by atoms with Crippen LogP contribution in [0, 0.1) is 0 Å². The molecule has 122 valence electrons. The quantitative estimate of drug-likeness (QED) is 0.823. The number of carbonyl (C=O) groups is 1. The summed E-state index contributed by atoms with van der Waals surface area (Å²) in [5.74, 6) is 1.24. The van der Waals surface area contributed by atoms with Crippen LogP contribution in [0.2, 0.25) is 0 Å². The van der Waals surface area contributed by atoms with E-state index >= 15 is 0 Å². The van der Waals surface area contributed by atoms with E-state index in [9.17, 15) is 4.79 Å². The van der Waals surface area contributed by atoms with E-state index in [2.05, 4.69) is 10.6 Å². The van der Waals surface area contributed by atoms with Crippen molar-refractivity contribution in [2.45, 2.75) is 25.4 Å². The second kappa shape index (κ2) is 6.36. The van der Waals surface area contributed by atoms with Crippen molar-refractivity contribution in [3.05, 3.63) is 47.8 Å². The van der Waals surface area contributed by atoms with Crippen molar-refractivity contribution in [1.82, 2.24) is 9.47 Å². The monoisotopic (exact) mass is 314 g/mol. The van der Waals surface area contributed by atoms with Gasteiger partial charge < -0.3 is 18.9 Å². The van der Waals surface area contributed by atoms with E-state index in [1.165, 1.54) is 0 Å². The zero-order chi connectivity index (χ0) is 16.4. The lowest BCUT2D eigenvalue weighted by Crippen LogP contribution is -2.33. The average molecular weight is 314 g/mol. The average Bonchev–Trinajstić information content (AvgIpc) is 3.34. The molecule has 1 aromatic carbocycles. The molecule has 0 bridgehead atoms. The summed E-state index contributed by atoms with van der Waals surface area (Å²) in [6.07, 6.45) is 4.15. The molecule has 0 aliphatic heterocycles. The van der Waals surface area contributed by atoms with Gasteiger partial charge in [-0.25, -0.2) is 0 Å². The smallest absolute Gasteiger partial charge is 0.254 e. The maximum atomic E-state index is 13.0. The number of rotatable bonds is 6. The van der Waals surface area contributed by atoms with E-state index in [0.717, 1.165) is 18.5 Å². The molecule has 1 saturated carbocycles. The lowest BCUT2D eigenvalue weighted by atomic mass is 10.1. The molecule has 0 atom stereocenters. The van der Waals surface area contributed by atoms with Crippen LogP contribution in [0.4, 0.5) is 0 Å². The fourth-order valence-electron chi connectivity index (χ4n) is 2.72. The van der Waals surface area contributed by atoms with E-state index in [4.69, 9.17) is 9.47 Å². The Bertz CT molecular complexity index is 704. The maximum Gasteiger partial charge on any atom is 0.254 e. The first-order chi connectivity index (χ1) is 11.1. The van der Waals surface area contributed by atoms with Crippen LogP contribution in [-0.4, -0.2) is 35.6 Å². The van der Waals surface area contributed by atoms with Crippen LogP contribution in [0.1, 0.15) is 28.9 Å². The molecule has 0 unspecified atom stereocenters. The summed E-state index contributed by atoms with van der Waals surface area (Å²) in [6, 6.07) is 9.72. The molecule has 0 spiro atoms.